The smallest absolute Gasteiger partial charge is 0.324 e. The fourth-order valence-electron chi connectivity index (χ4n) is 1.81. The molecule has 0 radical (unpaired) electrons. The van der Waals surface area contributed by atoms with Gasteiger partial charge >= 0.3 is 7.60 Å². The molecule has 0 atom stereocenters. The van der Waals surface area contributed by atoms with Gasteiger partial charge in [0.1, 0.15) is 5.16 Å². The lowest BCUT2D eigenvalue weighted by Gasteiger charge is -2.31. The van der Waals surface area contributed by atoms with Crippen molar-refractivity contribution in [2.45, 2.75) is 31.8 Å². The summed E-state index contributed by atoms with van der Waals surface area (Å²) < 4.78 is 11.6. The maximum atomic E-state index is 11.6. The minimum Gasteiger partial charge on any atom is -0.324 e. The van der Waals surface area contributed by atoms with Gasteiger partial charge in [-0.15, -0.1) is 0 Å². The van der Waals surface area contributed by atoms with Crippen molar-refractivity contribution >= 4 is 7.60 Å². The average molecular weight is 229 g/mol. The molecular formula is C10H16NO3P. The maximum Gasteiger partial charge on any atom is 0.337 e. The van der Waals surface area contributed by atoms with Crippen LogP contribution in [0.25, 0.3) is 0 Å². The molecule has 2 N–H and O–H groups in total. The van der Waals surface area contributed by atoms with E-state index in [2.05, 4.69) is 4.98 Å². The first-order chi connectivity index (χ1) is 6.98. The molecule has 1 rings (SSSR count). The van der Waals surface area contributed by atoms with E-state index in [0.717, 1.165) is 0 Å². The molecule has 1 aromatic heterocycles. The molecule has 4 nitrogen and oxygen atoms in total. The first-order valence-electron chi connectivity index (χ1n) is 4.95. The monoisotopic (exact) mass is 229 g/mol. The molecule has 0 saturated carbocycles. The Morgan fingerprint density at radius 3 is 2.27 bits per heavy atom. The highest BCUT2D eigenvalue weighted by molar-refractivity contribution is 7.53. The van der Waals surface area contributed by atoms with Crippen LogP contribution in [0.1, 0.15) is 32.4 Å². The van der Waals surface area contributed by atoms with Crippen LogP contribution in [-0.4, -0.2) is 14.8 Å². The first kappa shape index (κ1) is 12.4. The summed E-state index contributed by atoms with van der Waals surface area (Å²) in [6, 6.07) is 5.16. The number of hydrogen-bond acceptors (Lipinski definition) is 2. The van der Waals surface area contributed by atoms with Gasteiger partial charge in [-0.3, -0.25) is 9.55 Å². The van der Waals surface area contributed by atoms with Crippen LogP contribution in [0.5, 0.6) is 0 Å². The zero-order valence-electron chi connectivity index (χ0n) is 8.92. The van der Waals surface area contributed by atoms with E-state index in [-0.39, 0.29) is 0 Å². The lowest BCUT2D eigenvalue weighted by atomic mass is 9.97. The summed E-state index contributed by atoms with van der Waals surface area (Å²) in [7, 11) is -4.19. The van der Waals surface area contributed by atoms with Crippen LogP contribution < -0.4 is 0 Å². The van der Waals surface area contributed by atoms with Gasteiger partial charge in [0.15, 0.2) is 0 Å². The van der Waals surface area contributed by atoms with Gasteiger partial charge in [0, 0.05) is 6.20 Å². The molecule has 0 spiro atoms. The van der Waals surface area contributed by atoms with Crippen LogP contribution in [0.3, 0.4) is 0 Å². The van der Waals surface area contributed by atoms with Crippen LogP contribution in [0.2, 0.25) is 0 Å². The second-order valence-corrected chi connectivity index (χ2v) is 5.44. The summed E-state index contributed by atoms with van der Waals surface area (Å²) in [5.41, 5.74) is 0.475. The van der Waals surface area contributed by atoms with Crippen molar-refractivity contribution in [3.05, 3.63) is 30.1 Å². The van der Waals surface area contributed by atoms with E-state index in [0.29, 0.717) is 18.5 Å². The average Bonchev–Trinajstić information content (AvgIpc) is 2.20. The number of hydrogen-bond donors (Lipinski definition) is 2. The van der Waals surface area contributed by atoms with Crippen molar-refractivity contribution in [3.63, 3.8) is 0 Å². The van der Waals surface area contributed by atoms with Crippen molar-refractivity contribution < 1.29 is 14.4 Å². The molecule has 0 saturated heterocycles. The van der Waals surface area contributed by atoms with Gasteiger partial charge < -0.3 is 9.79 Å². The summed E-state index contributed by atoms with van der Waals surface area (Å²) in [6.45, 7) is 3.55. The third-order valence-electron chi connectivity index (χ3n) is 2.87. The van der Waals surface area contributed by atoms with Gasteiger partial charge in [-0.05, 0) is 25.0 Å². The fourth-order valence-corrected chi connectivity index (χ4v) is 3.07. The Labute approximate surface area is 89.5 Å². The molecule has 0 aliphatic rings. The third-order valence-corrected chi connectivity index (χ3v) is 4.85. The third kappa shape index (κ3) is 2.12. The maximum absolute atomic E-state index is 11.6. The number of nitrogens with zero attached hydrogens (tertiary/aromatic N) is 1. The van der Waals surface area contributed by atoms with E-state index < -0.39 is 12.8 Å². The lowest BCUT2D eigenvalue weighted by molar-refractivity contribution is 0.312. The highest BCUT2D eigenvalue weighted by atomic mass is 31.2. The number of aromatic nitrogens is 1. The number of pyridine rings is 1. The summed E-state index contributed by atoms with van der Waals surface area (Å²) in [6.07, 6.45) is 2.32. The molecule has 0 unspecified atom stereocenters. The van der Waals surface area contributed by atoms with Crippen molar-refractivity contribution in [2.24, 2.45) is 0 Å². The Morgan fingerprint density at radius 2 is 1.93 bits per heavy atom. The normalized spacial score (nSPS) is 12.8. The molecular weight excluding hydrogens is 213 g/mol. The Bertz CT molecular complexity index is 356. The molecule has 5 heteroatoms. The molecule has 0 aromatic carbocycles. The van der Waals surface area contributed by atoms with Crippen LogP contribution >= 0.6 is 7.60 Å². The lowest BCUT2D eigenvalue weighted by Crippen LogP contribution is -2.25. The van der Waals surface area contributed by atoms with Gasteiger partial charge in [0.2, 0.25) is 0 Å². The van der Waals surface area contributed by atoms with E-state index in [1.54, 1.807) is 38.2 Å². The quantitative estimate of drug-likeness (QED) is 0.777. The van der Waals surface area contributed by atoms with Gasteiger partial charge in [0.25, 0.3) is 0 Å². The second kappa shape index (κ2) is 4.44. The highest BCUT2D eigenvalue weighted by Gasteiger charge is 2.46. The minimum absolute atomic E-state index is 0.380. The van der Waals surface area contributed by atoms with Crippen molar-refractivity contribution in [3.8, 4) is 0 Å². The Hall–Kier alpha value is -0.700. The van der Waals surface area contributed by atoms with E-state index in [4.69, 9.17) is 0 Å². The van der Waals surface area contributed by atoms with Crippen LogP contribution in [0.15, 0.2) is 24.4 Å². The molecule has 0 bridgehead atoms. The van der Waals surface area contributed by atoms with Gasteiger partial charge in [-0.1, -0.05) is 19.9 Å². The molecule has 15 heavy (non-hydrogen) atoms. The Kier molecular flexibility index (Phi) is 3.66. The predicted molar refractivity (Wildman–Crippen MR) is 58.5 cm³/mol. The standard InChI is InChI=1S/C10H16NO3P/c1-3-10(4-2,15(12,13)14)9-7-5-6-8-11-9/h5-8H,3-4H2,1-2H3,(H2,12,13,14). The van der Waals surface area contributed by atoms with E-state index in [9.17, 15) is 14.4 Å². The van der Waals surface area contributed by atoms with Gasteiger partial charge in [0.05, 0.1) is 5.69 Å². The predicted octanol–water partition coefficient (Wildman–Crippen LogP) is 2.27. The zero-order valence-corrected chi connectivity index (χ0v) is 9.82. The van der Waals surface area contributed by atoms with Crippen molar-refractivity contribution in [1.29, 1.82) is 0 Å². The second-order valence-electron chi connectivity index (χ2n) is 3.50. The molecule has 1 heterocycles. The summed E-state index contributed by atoms with van der Waals surface area (Å²) in [5, 5.41) is -1.13. The Morgan fingerprint density at radius 1 is 1.33 bits per heavy atom. The topological polar surface area (TPSA) is 70.4 Å². The molecule has 0 fully saturated rings. The van der Waals surface area contributed by atoms with Gasteiger partial charge in [-0.25, -0.2) is 0 Å². The van der Waals surface area contributed by atoms with E-state index in [1.807, 2.05) is 0 Å². The van der Waals surface area contributed by atoms with Gasteiger partial charge in [-0.2, -0.15) is 0 Å². The van der Waals surface area contributed by atoms with E-state index >= 15 is 0 Å². The molecule has 0 aliphatic carbocycles. The molecule has 84 valence electrons. The number of rotatable bonds is 4. The fraction of sp³-hybridized carbons (Fsp3) is 0.500. The first-order valence-corrected chi connectivity index (χ1v) is 6.56. The highest BCUT2D eigenvalue weighted by Crippen LogP contribution is 2.60. The zero-order chi connectivity index (χ0) is 11.5. The van der Waals surface area contributed by atoms with Crippen LogP contribution in [0, 0.1) is 0 Å². The van der Waals surface area contributed by atoms with Crippen molar-refractivity contribution in [2.75, 3.05) is 0 Å². The summed E-state index contributed by atoms with van der Waals surface area (Å²) >= 11 is 0. The van der Waals surface area contributed by atoms with Crippen LogP contribution in [0.4, 0.5) is 0 Å². The summed E-state index contributed by atoms with van der Waals surface area (Å²) in [5.74, 6) is 0. The molecule has 0 aliphatic heterocycles. The molecule has 0 amide bonds. The summed E-state index contributed by atoms with van der Waals surface area (Å²) in [4.78, 5) is 23.0. The minimum atomic E-state index is -4.19. The largest absolute Gasteiger partial charge is 0.337 e. The Balaban J connectivity index is 3.31. The van der Waals surface area contributed by atoms with E-state index in [1.165, 1.54) is 0 Å². The van der Waals surface area contributed by atoms with Crippen molar-refractivity contribution in [1.82, 2.24) is 4.98 Å². The van der Waals surface area contributed by atoms with Crippen LogP contribution in [-0.2, 0) is 9.72 Å². The SMILES string of the molecule is CCC(CC)(c1ccccn1)P(=O)(O)O. The molecule has 1 aromatic rings.